The molecule has 0 aliphatic rings. The van der Waals surface area contributed by atoms with Crippen molar-refractivity contribution in [2.24, 2.45) is 0 Å². The highest BCUT2D eigenvalue weighted by Gasteiger charge is 2.18. The van der Waals surface area contributed by atoms with E-state index in [4.69, 9.17) is 4.74 Å². The predicted octanol–water partition coefficient (Wildman–Crippen LogP) is 2.18. The van der Waals surface area contributed by atoms with Crippen LogP contribution >= 0.6 is 11.3 Å². The van der Waals surface area contributed by atoms with Gasteiger partial charge in [-0.2, -0.15) is 0 Å². The van der Waals surface area contributed by atoms with Crippen molar-refractivity contribution in [1.82, 2.24) is 4.98 Å². The molecule has 1 aromatic heterocycles. The molecule has 0 bridgehead atoms. The number of carbonyl (C=O) groups excluding carboxylic acids is 1. The fourth-order valence-electron chi connectivity index (χ4n) is 1.58. The van der Waals surface area contributed by atoms with Gasteiger partial charge in [0.1, 0.15) is 11.5 Å². The Morgan fingerprint density at radius 3 is 2.62 bits per heavy atom. The lowest BCUT2D eigenvalue weighted by molar-refractivity contribution is 0.0477. The van der Waals surface area contributed by atoms with Crippen LogP contribution in [0.4, 0.5) is 5.13 Å². The first-order valence-corrected chi connectivity index (χ1v) is 8.72. The molecule has 21 heavy (non-hydrogen) atoms. The van der Waals surface area contributed by atoms with Crippen molar-refractivity contribution in [2.45, 2.75) is 13.5 Å². The lowest BCUT2D eigenvalue weighted by atomic mass is 10.2. The molecule has 0 saturated carbocycles. The number of carbonyl (C=O) groups is 1. The van der Waals surface area contributed by atoms with Crippen LogP contribution in [0.1, 0.15) is 20.9 Å². The van der Waals surface area contributed by atoms with Gasteiger partial charge in [0.05, 0.1) is 11.9 Å². The number of anilines is 1. The number of sulfonamides is 1. The predicted molar refractivity (Wildman–Crippen MR) is 80.9 cm³/mol. The summed E-state index contributed by atoms with van der Waals surface area (Å²) in [6.45, 7) is 1.79. The van der Waals surface area contributed by atoms with Crippen LogP contribution in [0.3, 0.4) is 0 Å². The van der Waals surface area contributed by atoms with Crippen molar-refractivity contribution in [3.05, 3.63) is 46.5 Å². The third-order valence-corrected chi connectivity index (χ3v) is 4.21. The summed E-state index contributed by atoms with van der Waals surface area (Å²) < 4.78 is 29.7. The van der Waals surface area contributed by atoms with Crippen molar-refractivity contribution < 1.29 is 17.9 Å². The van der Waals surface area contributed by atoms with E-state index in [0.29, 0.717) is 5.69 Å². The Bertz CT molecular complexity index is 739. The van der Waals surface area contributed by atoms with Crippen LogP contribution in [-0.2, 0) is 21.4 Å². The first kappa shape index (κ1) is 15.5. The van der Waals surface area contributed by atoms with E-state index in [9.17, 15) is 13.2 Å². The highest BCUT2D eigenvalue weighted by atomic mass is 32.2. The maximum absolute atomic E-state index is 12.0. The number of nitrogens with one attached hydrogen (secondary N) is 1. The van der Waals surface area contributed by atoms with Gasteiger partial charge >= 0.3 is 5.97 Å². The fourth-order valence-corrected chi connectivity index (χ4v) is 3.27. The van der Waals surface area contributed by atoms with Gasteiger partial charge < -0.3 is 4.74 Å². The average Bonchev–Trinajstić information content (AvgIpc) is 2.76. The molecule has 0 spiro atoms. The number of benzene rings is 1. The molecule has 0 aliphatic heterocycles. The molecular weight excluding hydrogens is 312 g/mol. The van der Waals surface area contributed by atoms with E-state index in [2.05, 4.69) is 9.71 Å². The second kappa shape index (κ2) is 6.23. The first-order valence-electron chi connectivity index (χ1n) is 6.01. The molecule has 6 nitrogen and oxygen atoms in total. The molecule has 0 radical (unpaired) electrons. The lowest BCUT2D eigenvalue weighted by Crippen LogP contribution is -2.08. The zero-order chi connectivity index (χ0) is 15.5. The summed E-state index contributed by atoms with van der Waals surface area (Å²) >= 11 is 0.954. The molecule has 0 fully saturated rings. The molecular formula is C13H14N2O4S2. The number of thiazole rings is 1. The maximum atomic E-state index is 12.0. The summed E-state index contributed by atoms with van der Waals surface area (Å²) in [6, 6.07) is 9.29. The van der Waals surface area contributed by atoms with Gasteiger partial charge in [0.25, 0.3) is 0 Å². The van der Waals surface area contributed by atoms with Crippen molar-refractivity contribution in [3.63, 3.8) is 0 Å². The van der Waals surface area contributed by atoms with E-state index >= 15 is 0 Å². The Kier molecular flexibility index (Phi) is 4.59. The number of hydrogen-bond donors (Lipinski definition) is 1. The monoisotopic (exact) mass is 326 g/mol. The minimum Gasteiger partial charge on any atom is -0.457 e. The number of nitrogens with zero attached hydrogens (tertiary/aromatic N) is 1. The van der Waals surface area contributed by atoms with Crippen LogP contribution in [0.15, 0.2) is 30.3 Å². The molecule has 2 rings (SSSR count). The molecule has 0 aliphatic carbocycles. The summed E-state index contributed by atoms with van der Waals surface area (Å²) in [5.41, 5.74) is 1.31. The topological polar surface area (TPSA) is 85.4 Å². The van der Waals surface area contributed by atoms with Crippen LogP contribution < -0.4 is 4.72 Å². The van der Waals surface area contributed by atoms with Crippen molar-refractivity contribution in [2.75, 3.05) is 11.0 Å². The van der Waals surface area contributed by atoms with Gasteiger partial charge in [-0.15, -0.1) is 0 Å². The Hall–Kier alpha value is -1.93. The number of hydrogen-bond acceptors (Lipinski definition) is 6. The minimum absolute atomic E-state index is 0.154. The molecule has 0 saturated heterocycles. The summed E-state index contributed by atoms with van der Waals surface area (Å²) in [4.78, 5) is 16.3. The van der Waals surface area contributed by atoms with Crippen molar-refractivity contribution in [3.8, 4) is 0 Å². The molecule has 112 valence electrons. The number of aromatic nitrogens is 1. The standard InChI is InChI=1S/C13H14N2O4S2/c1-9-11(20-13(14-9)15-21(2,17)18)12(16)19-8-10-6-4-3-5-7-10/h3-7H,8H2,1-2H3,(H,14,15). The Morgan fingerprint density at radius 2 is 2.00 bits per heavy atom. The smallest absolute Gasteiger partial charge is 0.350 e. The van der Waals surface area contributed by atoms with E-state index in [1.165, 1.54) is 0 Å². The molecule has 1 aromatic carbocycles. The molecule has 2 aromatic rings. The second-order valence-electron chi connectivity index (χ2n) is 4.37. The van der Waals surface area contributed by atoms with Crippen LogP contribution in [0.5, 0.6) is 0 Å². The number of aryl methyl sites for hydroxylation is 1. The molecule has 0 unspecified atom stereocenters. The number of rotatable bonds is 5. The van der Waals surface area contributed by atoms with Gasteiger partial charge in [0.15, 0.2) is 5.13 Å². The van der Waals surface area contributed by atoms with Crippen molar-refractivity contribution in [1.29, 1.82) is 0 Å². The van der Waals surface area contributed by atoms with E-state index in [1.54, 1.807) is 6.92 Å². The highest BCUT2D eigenvalue weighted by Crippen LogP contribution is 2.24. The average molecular weight is 326 g/mol. The second-order valence-corrected chi connectivity index (χ2v) is 7.12. The van der Waals surface area contributed by atoms with Gasteiger partial charge in [-0.1, -0.05) is 41.7 Å². The van der Waals surface area contributed by atoms with Crippen LogP contribution in [0.2, 0.25) is 0 Å². The zero-order valence-electron chi connectivity index (χ0n) is 11.5. The van der Waals surface area contributed by atoms with Crippen LogP contribution in [0.25, 0.3) is 0 Å². The van der Waals surface area contributed by atoms with Gasteiger partial charge in [0.2, 0.25) is 10.0 Å². The third-order valence-electron chi connectivity index (χ3n) is 2.47. The third kappa shape index (κ3) is 4.54. The van der Waals surface area contributed by atoms with Crippen LogP contribution in [0, 0.1) is 6.92 Å². The van der Waals surface area contributed by atoms with Gasteiger partial charge in [-0.25, -0.2) is 18.2 Å². The molecule has 0 atom stereocenters. The van der Waals surface area contributed by atoms with E-state index in [0.717, 1.165) is 23.2 Å². The summed E-state index contributed by atoms with van der Waals surface area (Å²) in [5, 5.41) is 0.154. The summed E-state index contributed by atoms with van der Waals surface area (Å²) in [7, 11) is -3.42. The summed E-state index contributed by atoms with van der Waals surface area (Å²) in [6.07, 6.45) is 1.02. The van der Waals surface area contributed by atoms with Gasteiger partial charge in [0, 0.05) is 0 Å². The SMILES string of the molecule is Cc1nc(NS(C)(=O)=O)sc1C(=O)OCc1ccccc1. The molecule has 0 amide bonds. The Morgan fingerprint density at radius 1 is 1.33 bits per heavy atom. The first-order chi connectivity index (χ1) is 9.85. The van der Waals surface area contributed by atoms with E-state index in [-0.39, 0.29) is 16.6 Å². The van der Waals surface area contributed by atoms with Gasteiger partial charge in [-0.3, -0.25) is 4.72 Å². The normalized spacial score (nSPS) is 11.1. The molecule has 8 heteroatoms. The van der Waals surface area contributed by atoms with Crippen molar-refractivity contribution >= 4 is 32.5 Å². The number of ether oxygens (including phenoxy) is 1. The zero-order valence-corrected chi connectivity index (χ0v) is 13.1. The van der Waals surface area contributed by atoms with Crippen LogP contribution in [-0.4, -0.2) is 25.6 Å². The highest BCUT2D eigenvalue weighted by molar-refractivity contribution is 7.92. The maximum Gasteiger partial charge on any atom is 0.350 e. The van der Waals surface area contributed by atoms with E-state index < -0.39 is 16.0 Å². The lowest BCUT2D eigenvalue weighted by Gasteiger charge is -2.03. The largest absolute Gasteiger partial charge is 0.457 e. The quantitative estimate of drug-likeness (QED) is 0.851. The Balaban J connectivity index is 2.06. The molecule has 1 heterocycles. The van der Waals surface area contributed by atoms with Gasteiger partial charge in [-0.05, 0) is 12.5 Å². The summed E-state index contributed by atoms with van der Waals surface area (Å²) in [5.74, 6) is -0.518. The number of esters is 1. The Labute approximate surface area is 126 Å². The van der Waals surface area contributed by atoms with E-state index in [1.807, 2.05) is 30.3 Å². The minimum atomic E-state index is -3.42. The fraction of sp³-hybridized carbons (Fsp3) is 0.231. The molecule has 1 N–H and O–H groups in total.